The Bertz CT molecular complexity index is 824. The van der Waals surface area contributed by atoms with Crippen molar-refractivity contribution in [3.63, 3.8) is 0 Å². The maximum absolute atomic E-state index is 12.7. The van der Waals surface area contributed by atoms with Crippen LogP contribution in [0.1, 0.15) is 11.3 Å². The van der Waals surface area contributed by atoms with E-state index >= 15 is 0 Å². The van der Waals surface area contributed by atoms with E-state index in [1.807, 2.05) is 25.1 Å². The zero-order chi connectivity index (χ0) is 18.6. The minimum atomic E-state index is -1.17. The molecule has 0 spiro atoms. The molecule has 0 bridgehead atoms. The van der Waals surface area contributed by atoms with Crippen molar-refractivity contribution >= 4 is 24.9 Å². The van der Waals surface area contributed by atoms with Gasteiger partial charge in [-0.1, -0.05) is 31.8 Å². The molecule has 0 unspecified atom stereocenters. The zero-order valence-corrected chi connectivity index (χ0v) is 16.6. The summed E-state index contributed by atoms with van der Waals surface area (Å²) in [6.07, 6.45) is -0.144. The molecule has 7 heteroatoms. The monoisotopic (exact) mass is 362 g/mol. The van der Waals surface area contributed by atoms with Crippen LogP contribution in [0.5, 0.6) is 0 Å². The first-order chi connectivity index (χ1) is 11.7. The summed E-state index contributed by atoms with van der Waals surface area (Å²) in [5.74, 6) is -0.483. The molecule has 2 rings (SSSR count). The second kappa shape index (κ2) is 7.92. The molecule has 6 nitrogen and oxygen atoms in total. The predicted octanol–water partition coefficient (Wildman–Crippen LogP) is 2.73. The molecule has 0 radical (unpaired) electrons. The van der Waals surface area contributed by atoms with Gasteiger partial charge in [-0.2, -0.15) is 5.10 Å². The van der Waals surface area contributed by atoms with Gasteiger partial charge in [0.2, 0.25) is 5.43 Å². The van der Waals surface area contributed by atoms with E-state index in [-0.39, 0.29) is 24.3 Å². The molecule has 1 aromatic carbocycles. The van der Waals surface area contributed by atoms with Gasteiger partial charge in [-0.25, -0.2) is 4.68 Å². The minimum Gasteiger partial charge on any atom is -0.469 e. The zero-order valence-electron chi connectivity index (χ0n) is 15.6. The molecule has 0 aliphatic rings. The molecule has 25 heavy (non-hydrogen) atoms. The fourth-order valence-electron chi connectivity index (χ4n) is 2.50. The molecule has 0 amide bonds. The number of aryl methyl sites for hydroxylation is 1. The summed E-state index contributed by atoms with van der Waals surface area (Å²) >= 11 is 0. The Kier molecular flexibility index (Phi) is 6.13. The van der Waals surface area contributed by atoms with Gasteiger partial charge in [0.1, 0.15) is 12.4 Å². The summed E-state index contributed by atoms with van der Waals surface area (Å²) in [7, 11) is 0.128. The molecular weight excluding hydrogens is 336 g/mol. The van der Waals surface area contributed by atoms with Crippen LogP contribution in [0.3, 0.4) is 0 Å². The number of fused-ring (bicyclic) bond motifs is 1. The number of hydrogen-bond donors (Lipinski definition) is 0. The van der Waals surface area contributed by atoms with E-state index in [2.05, 4.69) is 29.5 Å². The molecule has 0 fully saturated rings. The van der Waals surface area contributed by atoms with Crippen molar-refractivity contribution in [1.82, 2.24) is 9.78 Å². The van der Waals surface area contributed by atoms with Gasteiger partial charge in [-0.3, -0.25) is 9.59 Å². The summed E-state index contributed by atoms with van der Waals surface area (Å²) in [4.78, 5) is 24.3. The Morgan fingerprint density at radius 2 is 2.00 bits per heavy atom. The van der Waals surface area contributed by atoms with Gasteiger partial charge in [0, 0.05) is 14.7 Å². The number of ether oxygens (including phenoxy) is 2. The van der Waals surface area contributed by atoms with Gasteiger partial charge in [0.25, 0.3) is 0 Å². The van der Waals surface area contributed by atoms with E-state index in [1.165, 1.54) is 7.11 Å². The second-order valence-electron chi connectivity index (χ2n) is 7.35. The molecule has 2 aromatic rings. The topological polar surface area (TPSA) is 70.4 Å². The van der Waals surface area contributed by atoms with Crippen LogP contribution in [0.25, 0.3) is 10.9 Å². The first kappa shape index (κ1) is 19.3. The molecule has 0 aliphatic carbocycles. The average Bonchev–Trinajstić information content (AvgIpc) is 2.54. The number of hydrogen-bond acceptors (Lipinski definition) is 5. The summed E-state index contributed by atoms with van der Waals surface area (Å²) in [6.45, 7) is 9.66. The van der Waals surface area contributed by atoms with Crippen LogP contribution < -0.4 is 5.43 Å². The first-order valence-corrected chi connectivity index (χ1v) is 12.1. The van der Waals surface area contributed by atoms with Crippen molar-refractivity contribution in [3.05, 3.63) is 39.7 Å². The first-order valence-electron chi connectivity index (χ1n) is 8.37. The Hall–Kier alpha value is -1.99. The number of esters is 1. The summed E-state index contributed by atoms with van der Waals surface area (Å²) in [6, 6.07) is 6.67. The van der Waals surface area contributed by atoms with Crippen molar-refractivity contribution in [2.75, 3.05) is 13.7 Å². The van der Waals surface area contributed by atoms with Gasteiger partial charge < -0.3 is 9.47 Å². The van der Waals surface area contributed by atoms with E-state index in [4.69, 9.17) is 4.74 Å². The quantitative estimate of drug-likeness (QED) is 0.430. The molecule has 0 saturated carbocycles. The van der Waals surface area contributed by atoms with Crippen LogP contribution in [-0.4, -0.2) is 37.5 Å². The molecule has 0 N–H and O–H groups in total. The Balaban J connectivity index is 2.37. The summed E-state index contributed by atoms with van der Waals surface area (Å²) in [5.41, 5.74) is 1.53. The number of aromatic nitrogens is 2. The van der Waals surface area contributed by atoms with Gasteiger partial charge in [-0.05, 0) is 24.6 Å². The molecule has 136 valence electrons. The minimum absolute atomic E-state index is 0.144. The lowest BCUT2D eigenvalue weighted by atomic mass is 10.1. The van der Waals surface area contributed by atoms with Crippen LogP contribution in [0.4, 0.5) is 0 Å². The molecule has 0 aliphatic heterocycles. The summed E-state index contributed by atoms with van der Waals surface area (Å²) in [5, 5.41) is 4.93. The SMILES string of the molecule is COC(=O)Cc1nn(COCC[Si](C)(C)C)c2cccc(C)c2c1=O. The molecule has 1 heterocycles. The predicted molar refractivity (Wildman–Crippen MR) is 101 cm³/mol. The van der Waals surface area contributed by atoms with Crippen molar-refractivity contribution in [2.45, 2.75) is 45.8 Å². The Morgan fingerprint density at radius 3 is 2.64 bits per heavy atom. The van der Waals surface area contributed by atoms with Crippen molar-refractivity contribution in [3.8, 4) is 0 Å². The summed E-state index contributed by atoms with van der Waals surface area (Å²) < 4.78 is 12.1. The Labute approximate surface area is 148 Å². The number of methoxy groups -OCH3 is 1. The van der Waals surface area contributed by atoms with Crippen LogP contribution in [-0.2, 0) is 27.4 Å². The van der Waals surface area contributed by atoms with Crippen LogP contribution in [0.2, 0.25) is 25.7 Å². The number of nitrogens with zero attached hydrogens (tertiary/aromatic N) is 2. The highest BCUT2D eigenvalue weighted by Gasteiger charge is 2.16. The third-order valence-corrected chi connectivity index (χ3v) is 5.71. The van der Waals surface area contributed by atoms with Gasteiger partial charge >= 0.3 is 5.97 Å². The highest BCUT2D eigenvalue weighted by molar-refractivity contribution is 6.76. The fraction of sp³-hybridized carbons (Fsp3) is 0.500. The maximum atomic E-state index is 12.7. The number of benzene rings is 1. The Morgan fingerprint density at radius 1 is 1.28 bits per heavy atom. The maximum Gasteiger partial charge on any atom is 0.311 e. The fourth-order valence-corrected chi connectivity index (χ4v) is 3.26. The van der Waals surface area contributed by atoms with Crippen molar-refractivity contribution in [2.24, 2.45) is 0 Å². The third kappa shape index (κ3) is 4.99. The number of carbonyl (C=O) groups excluding carboxylic acids is 1. The van der Waals surface area contributed by atoms with E-state index in [1.54, 1.807) is 4.68 Å². The smallest absolute Gasteiger partial charge is 0.311 e. The lowest BCUT2D eigenvalue weighted by molar-refractivity contribution is -0.139. The van der Waals surface area contributed by atoms with Crippen molar-refractivity contribution in [1.29, 1.82) is 0 Å². The largest absolute Gasteiger partial charge is 0.469 e. The van der Waals surface area contributed by atoms with Crippen LogP contribution >= 0.6 is 0 Å². The number of rotatable bonds is 7. The highest BCUT2D eigenvalue weighted by Crippen LogP contribution is 2.15. The van der Waals surface area contributed by atoms with E-state index in [0.29, 0.717) is 17.5 Å². The molecule has 1 aromatic heterocycles. The van der Waals surface area contributed by atoms with Gasteiger partial charge in [0.05, 0.1) is 24.4 Å². The van der Waals surface area contributed by atoms with Crippen LogP contribution in [0.15, 0.2) is 23.0 Å². The number of carbonyl (C=O) groups is 1. The highest BCUT2D eigenvalue weighted by atomic mass is 28.3. The molecule has 0 atom stereocenters. The third-order valence-electron chi connectivity index (χ3n) is 4.01. The van der Waals surface area contributed by atoms with Gasteiger partial charge in [-0.15, -0.1) is 0 Å². The van der Waals surface area contributed by atoms with Gasteiger partial charge in [0.15, 0.2) is 0 Å². The lowest BCUT2D eigenvalue weighted by Gasteiger charge is -2.17. The lowest BCUT2D eigenvalue weighted by Crippen LogP contribution is -2.25. The van der Waals surface area contributed by atoms with Crippen LogP contribution in [0, 0.1) is 6.92 Å². The second-order valence-corrected chi connectivity index (χ2v) is 13.0. The standard InChI is InChI=1S/C18H26N2O4Si/c1-13-7-6-8-15-17(13)18(22)14(11-16(21)23-2)19-20(15)12-24-9-10-25(3,4)5/h6-8H,9-12H2,1-5H3. The normalized spacial score (nSPS) is 11.7. The van der Waals surface area contributed by atoms with Crippen molar-refractivity contribution < 1.29 is 14.3 Å². The molecule has 0 saturated heterocycles. The average molecular weight is 363 g/mol. The molecular formula is C18H26N2O4Si. The van der Waals surface area contributed by atoms with E-state index in [9.17, 15) is 9.59 Å². The van der Waals surface area contributed by atoms with E-state index < -0.39 is 14.0 Å². The van der Waals surface area contributed by atoms with E-state index in [0.717, 1.165) is 11.6 Å².